The summed E-state index contributed by atoms with van der Waals surface area (Å²) in [7, 11) is 1.25. The Morgan fingerprint density at radius 2 is 2.00 bits per heavy atom. The average molecular weight is 230 g/mol. The van der Waals surface area contributed by atoms with Crippen LogP contribution in [0.3, 0.4) is 0 Å². The van der Waals surface area contributed by atoms with Gasteiger partial charge in [0.25, 0.3) is 0 Å². The highest BCUT2D eigenvalue weighted by molar-refractivity contribution is 5.87. The van der Waals surface area contributed by atoms with Gasteiger partial charge in [-0.1, -0.05) is 0 Å². The normalized spacial score (nSPS) is 28.8. The number of carbonyl (C=O) groups is 2. The van der Waals surface area contributed by atoms with Gasteiger partial charge in [-0.3, -0.25) is 9.59 Å². The molecule has 0 aromatic rings. The van der Waals surface area contributed by atoms with E-state index in [0.717, 1.165) is 0 Å². The van der Waals surface area contributed by atoms with E-state index in [1.165, 1.54) is 21.0 Å². The van der Waals surface area contributed by atoms with Crippen LogP contribution in [0.15, 0.2) is 0 Å². The highest BCUT2D eigenvalue weighted by Gasteiger charge is 2.59. The van der Waals surface area contributed by atoms with Gasteiger partial charge in [-0.2, -0.15) is 0 Å². The van der Waals surface area contributed by atoms with Gasteiger partial charge in [0, 0.05) is 0 Å². The topological polar surface area (TPSA) is 72.8 Å². The summed E-state index contributed by atoms with van der Waals surface area (Å²) in [5.74, 6) is -2.78. The Kier molecular flexibility index (Phi) is 3.02. The number of aliphatic hydroxyl groups is 1. The fraction of sp³-hybridized carbons (Fsp3) is 0.818. The van der Waals surface area contributed by atoms with Crippen molar-refractivity contribution in [1.82, 2.24) is 0 Å². The van der Waals surface area contributed by atoms with Crippen LogP contribution in [0.25, 0.3) is 0 Å². The van der Waals surface area contributed by atoms with Gasteiger partial charge in [-0.05, 0) is 27.7 Å². The highest BCUT2D eigenvalue weighted by Crippen LogP contribution is 2.42. The molecule has 0 saturated carbocycles. The molecule has 0 bridgehead atoms. The number of methoxy groups -OCH3 is 1. The molecule has 16 heavy (non-hydrogen) atoms. The first-order chi connectivity index (χ1) is 7.11. The standard InChI is InChI=1S/C11H18O5/c1-10(2,14)6-7(8(12)15-5)11(3,4)16-9(6)13/h6-7,14H,1-5H3/t6-,7+/m0/s1. The fourth-order valence-electron chi connectivity index (χ4n) is 2.17. The zero-order chi connectivity index (χ0) is 12.7. The molecule has 1 saturated heterocycles. The molecule has 0 spiro atoms. The van der Waals surface area contributed by atoms with Crippen molar-refractivity contribution in [3.8, 4) is 0 Å². The highest BCUT2D eigenvalue weighted by atomic mass is 16.6. The summed E-state index contributed by atoms with van der Waals surface area (Å²) < 4.78 is 9.78. The lowest BCUT2D eigenvalue weighted by Gasteiger charge is -2.29. The summed E-state index contributed by atoms with van der Waals surface area (Å²) in [6.45, 7) is 6.24. The number of ether oxygens (including phenoxy) is 2. The van der Waals surface area contributed by atoms with Gasteiger partial charge in [0.2, 0.25) is 0 Å². The van der Waals surface area contributed by atoms with Crippen molar-refractivity contribution in [1.29, 1.82) is 0 Å². The molecule has 1 aliphatic heterocycles. The first-order valence-electron chi connectivity index (χ1n) is 5.14. The molecule has 1 rings (SSSR count). The summed E-state index contributed by atoms with van der Waals surface area (Å²) >= 11 is 0. The molecular formula is C11H18O5. The van der Waals surface area contributed by atoms with Crippen LogP contribution in [-0.4, -0.2) is 35.4 Å². The van der Waals surface area contributed by atoms with E-state index in [1.807, 2.05) is 0 Å². The summed E-state index contributed by atoms with van der Waals surface area (Å²) in [6, 6.07) is 0. The Morgan fingerprint density at radius 3 is 2.38 bits per heavy atom. The molecule has 1 heterocycles. The van der Waals surface area contributed by atoms with Gasteiger partial charge < -0.3 is 14.6 Å². The predicted molar refractivity (Wildman–Crippen MR) is 55.5 cm³/mol. The van der Waals surface area contributed by atoms with Gasteiger partial charge >= 0.3 is 11.9 Å². The van der Waals surface area contributed by atoms with Gasteiger partial charge in [0.1, 0.15) is 17.4 Å². The number of rotatable bonds is 2. The second-order valence-electron chi connectivity index (χ2n) is 5.16. The molecule has 1 fully saturated rings. The monoisotopic (exact) mass is 230 g/mol. The zero-order valence-corrected chi connectivity index (χ0v) is 10.2. The molecule has 5 nitrogen and oxygen atoms in total. The minimum absolute atomic E-state index is 0.539. The number of cyclic esters (lactones) is 1. The molecule has 92 valence electrons. The van der Waals surface area contributed by atoms with E-state index in [4.69, 9.17) is 4.74 Å². The summed E-state index contributed by atoms with van der Waals surface area (Å²) in [5.41, 5.74) is -2.27. The molecule has 0 radical (unpaired) electrons. The zero-order valence-electron chi connectivity index (χ0n) is 10.2. The van der Waals surface area contributed by atoms with E-state index >= 15 is 0 Å². The van der Waals surface area contributed by atoms with E-state index in [9.17, 15) is 14.7 Å². The van der Waals surface area contributed by atoms with Crippen LogP contribution in [-0.2, 0) is 19.1 Å². The van der Waals surface area contributed by atoms with E-state index in [2.05, 4.69) is 4.74 Å². The minimum atomic E-state index is -1.32. The van der Waals surface area contributed by atoms with Crippen molar-refractivity contribution in [3.05, 3.63) is 0 Å². The predicted octanol–water partition coefficient (Wildman–Crippen LogP) is 0.498. The van der Waals surface area contributed by atoms with Gasteiger partial charge in [-0.15, -0.1) is 0 Å². The Balaban J connectivity index is 3.15. The number of hydrogen-bond donors (Lipinski definition) is 1. The van der Waals surface area contributed by atoms with Gasteiger partial charge in [0.15, 0.2) is 0 Å². The van der Waals surface area contributed by atoms with Crippen molar-refractivity contribution < 1.29 is 24.2 Å². The largest absolute Gasteiger partial charge is 0.469 e. The first-order valence-corrected chi connectivity index (χ1v) is 5.14. The lowest BCUT2D eigenvalue weighted by Crippen LogP contribution is -2.45. The van der Waals surface area contributed by atoms with Crippen LogP contribution in [0, 0.1) is 11.8 Å². The summed E-state index contributed by atoms with van der Waals surface area (Å²) in [5, 5.41) is 9.93. The Bertz CT molecular complexity index is 313. The molecule has 0 unspecified atom stereocenters. The molecule has 1 N–H and O–H groups in total. The summed E-state index contributed by atoms with van der Waals surface area (Å²) in [4.78, 5) is 23.3. The maximum absolute atomic E-state index is 11.7. The SMILES string of the molecule is COC(=O)[C@H]1[C@H](C(C)(C)O)C(=O)OC1(C)C. The molecule has 0 aromatic carbocycles. The minimum Gasteiger partial charge on any atom is -0.469 e. The van der Waals surface area contributed by atoms with E-state index in [0.29, 0.717) is 0 Å². The fourth-order valence-corrected chi connectivity index (χ4v) is 2.17. The van der Waals surface area contributed by atoms with Gasteiger partial charge in [0.05, 0.1) is 12.7 Å². The van der Waals surface area contributed by atoms with Crippen molar-refractivity contribution >= 4 is 11.9 Å². The maximum Gasteiger partial charge on any atom is 0.313 e. The van der Waals surface area contributed by atoms with Crippen LogP contribution in [0.5, 0.6) is 0 Å². The molecule has 1 aliphatic rings. The molecule has 0 aromatic heterocycles. The van der Waals surface area contributed by atoms with Crippen LogP contribution in [0.4, 0.5) is 0 Å². The lowest BCUT2D eigenvalue weighted by molar-refractivity contribution is -0.154. The molecular weight excluding hydrogens is 212 g/mol. The van der Waals surface area contributed by atoms with Crippen LogP contribution in [0.2, 0.25) is 0 Å². The van der Waals surface area contributed by atoms with Crippen molar-refractivity contribution in [2.45, 2.75) is 38.9 Å². The van der Waals surface area contributed by atoms with Crippen LogP contribution >= 0.6 is 0 Å². The van der Waals surface area contributed by atoms with Crippen LogP contribution < -0.4 is 0 Å². The molecule has 0 aliphatic carbocycles. The van der Waals surface area contributed by atoms with E-state index < -0.39 is 35.0 Å². The molecule has 0 amide bonds. The number of hydrogen-bond acceptors (Lipinski definition) is 5. The molecule has 2 atom stereocenters. The Labute approximate surface area is 94.7 Å². The molecule has 5 heteroatoms. The van der Waals surface area contributed by atoms with Crippen molar-refractivity contribution in [3.63, 3.8) is 0 Å². The third-order valence-electron chi connectivity index (χ3n) is 2.92. The quantitative estimate of drug-likeness (QED) is 0.699. The second-order valence-corrected chi connectivity index (χ2v) is 5.16. The summed E-state index contributed by atoms with van der Waals surface area (Å²) in [6.07, 6.45) is 0. The second kappa shape index (κ2) is 3.73. The first kappa shape index (κ1) is 13.0. The van der Waals surface area contributed by atoms with Crippen LogP contribution in [0.1, 0.15) is 27.7 Å². The number of esters is 2. The maximum atomic E-state index is 11.7. The van der Waals surface area contributed by atoms with E-state index in [-0.39, 0.29) is 0 Å². The lowest BCUT2D eigenvalue weighted by atomic mass is 9.75. The van der Waals surface area contributed by atoms with Gasteiger partial charge in [-0.25, -0.2) is 0 Å². The van der Waals surface area contributed by atoms with Crippen molar-refractivity contribution in [2.24, 2.45) is 11.8 Å². The Hall–Kier alpha value is -1.10. The number of carbonyl (C=O) groups excluding carboxylic acids is 2. The third kappa shape index (κ3) is 2.04. The average Bonchev–Trinajstić information content (AvgIpc) is 2.33. The smallest absolute Gasteiger partial charge is 0.313 e. The third-order valence-corrected chi connectivity index (χ3v) is 2.92. The van der Waals surface area contributed by atoms with E-state index in [1.54, 1.807) is 13.8 Å². The Morgan fingerprint density at radius 1 is 1.50 bits per heavy atom. The van der Waals surface area contributed by atoms with Crippen molar-refractivity contribution in [2.75, 3.05) is 7.11 Å².